The van der Waals surface area contributed by atoms with Crippen LogP contribution in [0.15, 0.2) is 47.8 Å². The fourth-order valence-corrected chi connectivity index (χ4v) is 3.45. The number of rotatable bonds is 5. The lowest BCUT2D eigenvalue weighted by Crippen LogP contribution is -2.28. The number of nitrogens with one attached hydrogen (secondary N) is 1. The molecule has 1 aromatic heterocycles. The van der Waals surface area contributed by atoms with Crippen molar-refractivity contribution in [1.29, 1.82) is 0 Å². The van der Waals surface area contributed by atoms with Crippen LogP contribution in [0, 0.1) is 0 Å². The van der Waals surface area contributed by atoms with E-state index in [0.717, 1.165) is 42.3 Å². The number of hydrogen-bond donors (Lipinski definition) is 2. The molecule has 0 amide bonds. The fourth-order valence-electron chi connectivity index (χ4n) is 2.65. The van der Waals surface area contributed by atoms with Crippen molar-refractivity contribution < 1.29 is 5.11 Å². The second-order valence-electron chi connectivity index (χ2n) is 5.67. The van der Waals surface area contributed by atoms with E-state index in [-0.39, 0.29) is 6.10 Å². The van der Waals surface area contributed by atoms with E-state index in [1.165, 1.54) is 5.56 Å². The fraction of sp³-hybridized carbons (Fsp3) is 0.412. The van der Waals surface area contributed by atoms with Gasteiger partial charge < -0.3 is 10.4 Å². The van der Waals surface area contributed by atoms with Gasteiger partial charge in [0.15, 0.2) is 0 Å². The van der Waals surface area contributed by atoms with Crippen LogP contribution in [0.1, 0.15) is 31.2 Å². The number of anilines is 1. The molecule has 1 aromatic carbocycles. The van der Waals surface area contributed by atoms with Crippen LogP contribution < -0.4 is 5.32 Å². The maximum absolute atomic E-state index is 9.56. The monoisotopic (exact) mass is 315 g/mol. The van der Waals surface area contributed by atoms with Crippen LogP contribution in [0.4, 0.5) is 5.82 Å². The smallest absolute Gasteiger partial charge is 0.146 e. The molecule has 0 atom stereocenters. The molecule has 3 rings (SSSR count). The van der Waals surface area contributed by atoms with Crippen LogP contribution in [0.2, 0.25) is 0 Å². The van der Waals surface area contributed by atoms with E-state index in [2.05, 4.69) is 39.6 Å². The third-order valence-corrected chi connectivity index (χ3v) is 4.86. The van der Waals surface area contributed by atoms with Crippen LogP contribution in [0.25, 0.3) is 0 Å². The normalized spacial score (nSPS) is 21.5. The zero-order chi connectivity index (χ0) is 15.2. The molecule has 1 heterocycles. The summed E-state index contributed by atoms with van der Waals surface area (Å²) in [5, 5.41) is 13.9. The van der Waals surface area contributed by atoms with Gasteiger partial charge in [-0.3, -0.25) is 4.98 Å². The Labute approximate surface area is 135 Å². The number of aromatic nitrogens is 2. The zero-order valence-corrected chi connectivity index (χ0v) is 13.3. The quantitative estimate of drug-likeness (QED) is 0.827. The Bertz CT molecular complexity index is 585. The van der Waals surface area contributed by atoms with E-state index >= 15 is 0 Å². The lowest BCUT2D eigenvalue weighted by atomic mass is 9.93. The molecule has 0 spiro atoms. The van der Waals surface area contributed by atoms with Crippen molar-refractivity contribution in [3.63, 3.8) is 0 Å². The minimum Gasteiger partial charge on any atom is -0.393 e. The van der Waals surface area contributed by atoms with Crippen LogP contribution in [0.5, 0.6) is 0 Å². The molecule has 0 aliphatic heterocycles. The van der Waals surface area contributed by atoms with Gasteiger partial charge in [0.25, 0.3) is 0 Å². The highest BCUT2D eigenvalue weighted by atomic mass is 32.2. The Kier molecular flexibility index (Phi) is 5.29. The summed E-state index contributed by atoms with van der Waals surface area (Å²) in [6.45, 7) is 0. The average molecular weight is 315 g/mol. The number of aliphatic hydroxyl groups excluding tert-OH is 1. The standard InChI is InChI=1S/C17H21N3OS/c21-15-8-6-14(7-9-15)19-16-10-18-11-17(20-16)22-12-13-4-2-1-3-5-13/h1-5,10-11,14-15,21H,6-9,12H2,(H,19,20). The van der Waals surface area contributed by atoms with Gasteiger partial charge in [-0.25, -0.2) is 4.98 Å². The number of aliphatic hydroxyl groups is 1. The number of thioether (sulfide) groups is 1. The van der Waals surface area contributed by atoms with Crippen molar-refractivity contribution in [2.24, 2.45) is 0 Å². The summed E-state index contributed by atoms with van der Waals surface area (Å²) in [5.74, 6) is 1.73. The van der Waals surface area contributed by atoms with Gasteiger partial charge in [0, 0.05) is 11.8 Å². The first kappa shape index (κ1) is 15.3. The third-order valence-electron chi connectivity index (χ3n) is 3.89. The summed E-state index contributed by atoms with van der Waals surface area (Å²) in [5.41, 5.74) is 1.29. The molecule has 4 nitrogen and oxygen atoms in total. The molecule has 1 saturated carbocycles. The second kappa shape index (κ2) is 7.61. The topological polar surface area (TPSA) is 58.0 Å². The summed E-state index contributed by atoms with van der Waals surface area (Å²) in [7, 11) is 0. The Hall–Kier alpha value is -1.59. The van der Waals surface area contributed by atoms with Crippen molar-refractivity contribution in [1.82, 2.24) is 9.97 Å². The first-order valence-corrected chi connectivity index (χ1v) is 8.71. The minimum atomic E-state index is -0.128. The molecule has 0 bridgehead atoms. The van der Waals surface area contributed by atoms with Crippen LogP contribution in [-0.2, 0) is 5.75 Å². The SMILES string of the molecule is OC1CCC(Nc2cncc(SCc3ccccc3)n2)CC1. The molecular formula is C17H21N3OS. The molecule has 1 aliphatic rings. The van der Waals surface area contributed by atoms with Crippen LogP contribution >= 0.6 is 11.8 Å². The van der Waals surface area contributed by atoms with Crippen molar-refractivity contribution in [2.45, 2.75) is 48.6 Å². The van der Waals surface area contributed by atoms with Crippen molar-refractivity contribution >= 4 is 17.6 Å². The van der Waals surface area contributed by atoms with E-state index in [9.17, 15) is 5.11 Å². The van der Waals surface area contributed by atoms with Gasteiger partial charge in [-0.2, -0.15) is 0 Å². The van der Waals surface area contributed by atoms with Gasteiger partial charge in [-0.15, -0.1) is 11.8 Å². The van der Waals surface area contributed by atoms with Crippen LogP contribution in [0.3, 0.4) is 0 Å². The van der Waals surface area contributed by atoms with Gasteiger partial charge in [-0.1, -0.05) is 30.3 Å². The lowest BCUT2D eigenvalue weighted by Gasteiger charge is -2.26. The maximum atomic E-state index is 9.56. The van der Waals surface area contributed by atoms with Gasteiger partial charge >= 0.3 is 0 Å². The highest BCUT2D eigenvalue weighted by Crippen LogP contribution is 2.24. The van der Waals surface area contributed by atoms with Gasteiger partial charge in [0.1, 0.15) is 10.8 Å². The molecule has 1 aliphatic carbocycles. The van der Waals surface area contributed by atoms with E-state index in [0.29, 0.717) is 6.04 Å². The highest BCUT2D eigenvalue weighted by Gasteiger charge is 2.19. The Morgan fingerprint density at radius 2 is 1.86 bits per heavy atom. The molecule has 116 valence electrons. The Morgan fingerprint density at radius 1 is 1.09 bits per heavy atom. The first-order chi connectivity index (χ1) is 10.8. The van der Waals surface area contributed by atoms with Crippen molar-refractivity contribution in [3.05, 3.63) is 48.3 Å². The summed E-state index contributed by atoms with van der Waals surface area (Å²) in [6.07, 6.45) is 7.17. The molecule has 22 heavy (non-hydrogen) atoms. The van der Waals surface area contributed by atoms with E-state index in [1.54, 1.807) is 18.0 Å². The molecule has 2 aromatic rings. The first-order valence-electron chi connectivity index (χ1n) is 7.73. The zero-order valence-electron chi connectivity index (χ0n) is 12.5. The lowest BCUT2D eigenvalue weighted by molar-refractivity contribution is 0.126. The Morgan fingerprint density at radius 3 is 2.64 bits per heavy atom. The summed E-state index contributed by atoms with van der Waals surface area (Å²) < 4.78 is 0. The van der Waals surface area contributed by atoms with Crippen molar-refractivity contribution in [2.75, 3.05) is 5.32 Å². The van der Waals surface area contributed by atoms with E-state index in [1.807, 2.05) is 12.3 Å². The summed E-state index contributed by atoms with van der Waals surface area (Å²) >= 11 is 1.70. The second-order valence-corrected chi connectivity index (χ2v) is 6.66. The van der Waals surface area contributed by atoms with Gasteiger partial charge in [-0.05, 0) is 31.2 Å². The number of benzene rings is 1. The molecule has 1 fully saturated rings. The van der Waals surface area contributed by atoms with Gasteiger partial charge in [0.05, 0.1) is 18.5 Å². The molecule has 2 N–H and O–H groups in total. The maximum Gasteiger partial charge on any atom is 0.146 e. The van der Waals surface area contributed by atoms with Crippen LogP contribution in [-0.4, -0.2) is 27.2 Å². The van der Waals surface area contributed by atoms with Gasteiger partial charge in [0.2, 0.25) is 0 Å². The average Bonchev–Trinajstić information content (AvgIpc) is 2.57. The number of hydrogen-bond acceptors (Lipinski definition) is 5. The third kappa shape index (κ3) is 4.45. The minimum absolute atomic E-state index is 0.128. The van der Waals surface area contributed by atoms with E-state index < -0.39 is 0 Å². The molecule has 0 saturated heterocycles. The highest BCUT2D eigenvalue weighted by molar-refractivity contribution is 7.98. The van der Waals surface area contributed by atoms with E-state index in [4.69, 9.17) is 0 Å². The summed E-state index contributed by atoms with van der Waals surface area (Å²) in [4.78, 5) is 8.91. The molecule has 5 heteroatoms. The predicted molar refractivity (Wildman–Crippen MR) is 89.9 cm³/mol. The predicted octanol–water partition coefficient (Wildman–Crippen LogP) is 3.48. The molecule has 0 unspecified atom stereocenters. The number of nitrogens with zero attached hydrogens (tertiary/aromatic N) is 2. The largest absolute Gasteiger partial charge is 0.393 e. The van der Waals surface area contributed by atoms with Crippen molar-refractivity contribution in [3.8, 4) is 0 Å². The summed E-state index contributed by atoms with van der Waals surface area (Å²) in [6, 6.07) is 10.8. The Balaban J connectivity index is 1.55. The molecular weight excluding hydrogens is 294 g/mol. The molecule has 0 radical (unpaired) electrons.